The van der Waals surface area contributed by atoms with Crippen molar-refractivity contribution in [2.45, 2.75) is 31.4 Å². The van der Waals surface area contributed by atoms with Crippen molar-refractivity contribution in [3.8, 4) is 0 Å². The van der Waals surface area contributed by atoms with Gasteiger partial charge in [-0.15, -0.1) is 11.3 Å². The topological polar surface area (TPSA) is 70.6 Å². The highest BCUT2D eigenvalue weighted by Crippen LogP contribution is 2.26. The smallest absolute Gasteiger partial charge is 0.191 e. The van der Waals surface area contributed by atoms with Crippen molar-refractivity contribution in [2.24, 2.45) is 4.99 Å². The first kappa shape index (κ1) is 21.4. The SMILES string of the molecule is CN=C(NCCCS(=O)(=O)Cc1ccccc1)NCC(C)(C)c1cccs1. The summed E-state index contributed by atoms with van der Waals surface area (Å²) >= 11 is 1.75. The molecular formula is C20H29N3O2S2. The van der Waals surface area contributed by atoms with Crippen LogP contribution in [0.2, 0.25) is 0 Å². The van der Waals surface area contributed by atoms with Crippen molar-refractivity contribution in [2.75, 3.05) is 25.9 Å². The lowest BCUT2D eigenvalue weighted by Crippen LogP contribution is -2.43. The van der Waals surface area contributed by atoms with Crippen LogP contribution in [0.3, 0.4) is 0 Å². The summed E-state index contributed by atoms with van der Waals surface area (Å²) in [5.41, 5.74) is 0.837. The Labute approximate surface area is 166 Å². The number of nitrogens with zero attached hydrogens (tertiary/aromatic N) is 1. The Hall–Kier alpha value is -1.86. The summed E-state index contributed by atoms with van der Waals surface area (Å²) in [6.07, 6.45) is 0.546. The highest BCUT2D eigenvalue weighted by molar-refractivity contribution is 7.90. The maximum Gasteiger partial charge on any atom is 0.191 e. The van der Waals surface area contributed by atoms with Crippen LogP contribution in [0.15, 0.2) is 52.8 Å². The number of thiophene rings is 1. The molecule has 0 aliphatic heterocycles. The molecule has 0 aliphatic rings. The lowest BCUT2D eigenvalue weighted by atomic mass is 9.91. The normalized spacial score (nSPS) is 12.8. The van der Waals surface area contributed by atoms with Gasteiger partial charge in [0.05, 0.1) is 11.5 Å². The van der Waals surface area contributed by atoms with E-state index < -0.39 is 9.84 Å². The minimum Gasteiger partial charge on any atom is -0.356 e. The predicted molar refractivity (Wildman–Crippen MR) is 115 cm³/mol. The van der Waals surface area contributed by atoms with E-state index in [0.29, 0.717) is 18.9 Å². The second-order valence-electron chi connectivity index (χ2n) is 7.14. The molecule has 1 aromatic carbocycles. The molecule has 27 heavy (non-hydrogen) atoms. The third-order valence-corrected chi connectivity index (χ3v) is 7.18. The second-order valence-corrected chi connectivity index (χ2v) is 10.3. The minimum atomic E-state index is -3.10. The molecule has 0 radical (unpaired) electrons. The molecule has 0 bridgehead atoms. The van der Waals surface area contributed by atoms with E-state index in [9.17, 15) is 8.42 Å². The maximum absolute atomic E-state index is 12.2. The van der Waals surface area contributed by atoms with Crippen LogP contribution in [0.5, 0.6) is 0 Å². The second kappa shape index (κ2) is 9.90. The summed E-state index contributed by atoms with van der Waals surface area (Å²) < 4.78 is 24.5. The molecule has 1 aromatic heterocycles. The van der Waals surface area contributed by atoms with Crippen molar-refractivity contribution in [3.63, 3.8) is 0 Å². The van der Waals surface area contributed by atoms with Gasteiger partial charge in [0.2, 0.25) is 0 Å². The van der Waals surface area contributed by atoms with Crippen molar-refractivity contribution in [3.05, 3.63) is 58.3 Å². The number of hydrogen-bond donors (Lipinski definition) is 2. The van der Waals surface area contributed by atoms with E-state index in [4.69, 9.17) is 0 Å². The quantitative estimate of drug-likeness (QED) is 0.380. The number of aliphatic imine (C=N–C) groups is 1. The van der Waals surface area contributed by atoms with Crippen molar-refractivity contribution in [1.29, 1.82) is 0 Å². The molecule has 0 spiro atoms. The van der Waals surface area contributed by atoms with Crippen LogP contribution in [0, 0.1) is 0 Å². The summed E-state index contributed by atoms with van der Waals surface area (Å²) in [6, 6.07) is 13.5. The first-order valence-corrected chi connectivity index (χ1v) is 11.8. The number of sulfone groups is 1. The fraction of sp³-hybridized carbons (Fsp3) is 0.450. The average Bonchev–Trinajstić information content (AvgIpc) is 3.17. The molecule has 0 saturated carbocycles. The molecule has 2 N–H and O–H groups in total. The van der Waals surface area contributed by atoms with Gasteiger partial charge >= 0.3 is 0 Å². The van der Waals surface area contributed by atoms with E-state index in [1.54, 1.807) is 18.4 Å². The number of nitrogens with one attached hydrogen (secondary N) is 2. The molecule has 2 aromatic rings. The Morgan fingerprint density at radius 2 is 1.85 bits per heavy atom. The van der Waals surface area contributed by atoms with Crippen molar-refractivity contribution < 1.29 is 8.42 Å². The molecule has 0 unspecified atom stereocenters. The van der Waals surface area contributed by atoms with Gasteiger partial charge in [-0.1, -0.05) is 50.2 Å². The van der Waals surface area contributed by atoms with Gasteiger partial charge in [0.15, 0.2) is 15.8 Å². The summed E-state index contributed by atoms with van der Waals surface area (Å²) in [6.45, 7) is 5.69. The molecule has 148 valence electrons. The summed E-state index contributed by atoms with van der Waals surface area (Å²) in [4.78, 5) is 5.54. The molecular weight excluding hydrogens is 378 g/mol. The lowest BCUT2D eigenvalue weighted by Gasteiger charge is -2.25. The lowest BCUT2D eigenvalue weighted by molar-refractivity contribution is 0.518. The van der Waals surface area contributed by atoms with E-state index in [-0.39, 0.29) is 16.9 Å². The maximum atomic E-state index is 12.2. The Morgan fingerprint density at radius 3 is 2.48 bits per heavy atom. The molecule has 7 heteroatoms. The Bertz CT molecular complexity index is 814. The van der Waals surface area contributed by atoms with E-state index in [2.05, 4.69) is 47.0 Å². The van der Waals surface area contributed by atoms with Gasteiger partial charge in [-0.05, 0) is 23.4 Å². The fourth-order valence-electron chi connectivity index (χ4n) is 2.68. The van der Waals surface area contributed by atoms with E-state index in [1.165, 1.54) is 4.88 Å². The van der Waals surface area contributed by atoms with Crippen molar-refractivity contribution >= 4 is 27.1 Å². The first-order chi connectivity index (χ1) is 12.8. The molecule has 0 fully saturated rings. The molecule has 5 nitrogen and oxygen atoms in total. The standard InChI is InChI=1S/C20H29N3O2S2/c1-20(2,18-11-7-13-26-18)16-23-19(21-3)22-12-8-14-27(24,25)15-17-9-5-4-6-10-17/h4-7,9-11,13H,8,12,14-16H2,1-3H3,(H2,21,22,23). The third kappa shape index (κ3) is 7.34. The van der Waals surface area contributed by atoms with E-state index in [0.717, 1.165) is 12.1 Å². The van der Waals surface area contributed by atoms with Crippen LogP contribution in [-0.4, -0.2) is 40.3 Å². The highest BCUT2D eigenvalue weighted by atomic mass is 32.2. The number of rotatable bonds is 9. The van der Waals surface area contributed by atoms with Crippen LogP contribution < -0.4 is 10.6 Å². The Kier molecular flexibility index (Phi) is 7.86. The molecule has 0 amide bonds. The van der Waals surface area contributed by atoms with Gasteiger partial charge in [0.1, 0.15) is 0 Å². The van der Waals surface area contributed by atoms with E-state index in [1.807, 2.05) is 30.3 Å². The Balaban J connectivity index is 1.73. The zero-order valence-electron chi connectivity index (χ0n) is 16.2. The average molecular weight is 408 g/mol. The van der Waals surface area contributed by atoms with Gasteiger partial charge in [0.25, 0.3) is 0 Å². The van der Waals surface area contributed by atoms with Crippen LogP contribution in [0.4, 0.5) is 0 Å². The monoisotopic (exact) mass is 407 g/mol. The molecule has 2 rings (SSSR count). The van der Waals surface area contributed by atoms with E-state index >= 15 is 0 Å². The van der Waals surface area contributed by atoms with Crippen LogP contribution >= 0.6 is 11.3 Å². The summed E-state index contributed by atoms with van der Waals surface area (Å²) in [7, 11) is -1.38. The molecule has 0 saturated heterocycles. The minimum absolute atomic E-state index is 0.00477. The fourth-order valence-corrected chi connectivity index (χ4v) is 4.96. The Morgan fingerprint density at radius 1 is 1.11 bits per heavy atom. The summed E-state index contributed by atoms with van der Waals surface area (Å²) in [5.74, 6) is 0.947. The van der Waals surface area contributed by atoms with Crippen LogP contribution in [0.25, 0.3) is 0 Å². The number of guanidine groups is 1. The number of hydrogen-bond acceptors (Lipinski definition) is 4. The third-order valence-electron chi connectivity index (χ3n) is 4.26. The zero-order chi connectivity index (χ0) is 19.8. The zero-order valence-corrected chi connectivity index (χ0v) is 17.9. The van der Waals surface area contributed by atoms with Gasteiger partial charge < -0.3 is 10.6 Å². The molecule has 1 heterocycles. The van der Waals surface area contributed by atoms with Crippen molar-refractivity contribution in [1.82, 2.24) is 10.6 Å². The van der Waals surface area contributed by atoms with Gasteiger partial charge in [-0.3, -0.25) is 4.99 Å². The van der Waals surface area contributed by atoms with Gasteiger partial charge in [-0.2, -0.15) is 0 Å². The van der Waals surface area contributed by atoms with Gasteiger partial charge in [-0.25, -0.2) is 8.42 Å². The van der Waals surface area contributed by atoms with Crippen LogP contribution in [-0.2, 0) is 21.0 Å². The molecule has 0 aliphatic carbocycles. The largest absolute Gasteiger partial charge is 0.356 e. The summed E-state index contributed by atoms with van der Waals surface area (Å²) in [5, 5.41) is 8.62. The van der Waals surface area contributed by atoms with Crippen LogP contribution in [0.1, 0.15) is 30.7 Å². The van der Waals surface area contributed by atoms with Gasteiger partial charge in [0, 0.05) is 30.4 Å². The highest BCUT2D eigenvalue weighted by Gasteiger charge is 2.21. The predicted octanol–water partition coefficient (Wildman–Crippen LogP) is 3.20. The molecule has 0 atom stereocenters. The number of benzene rings is 1. The first-order valence-electron chi connectivity index (χ1n) is 9.05.